The molecule has 0 aliphatic heterocycles. The van der Waals surface area contributed by atoms with Gasteiger partial charge in [0.25, 0.3) is 0 Å². The third kappa shape index (κ3) is 8.23. The van der Waals surface area contributed by atoms with Crippen LogP contribution < -0.4 is 0 Å². The van der Waals surface area contributed by atoms with Gasteiger partial charge in [-0.1, -0.05) is 43.9 Å². The summed E-state index contributed by atoms with van der Waals surface area (Å²) in [6.07, 6.45) is 11.0. The highest BCUT2D eigenvalue weighted by molar-refractivity contribution is 5.66. The standard InChI is InChI=1S/C17H22F2O2/c18-15-12-11-14(13-16(15)19)9-7-5-3-1-2-4-6-8-10-17(20)21/h7,9,11-13H,1-6,8,10H2,(H,20,21)/b9-7+. The highest BCUT2D eigenvalue weighted by Crippen LogP contribution is 2.12. The van der Waals surface area contributed by atoms with Crippen molar-refractivity contribution < 1.29 is 18.7 Å². The van der Waals surface area contributed by atoms with Crippen molar-refractivity contribution in [3.05, 3.63) is 41.5 Å². The molecule has 0 heterocycles. The van der Waals surface area contributed by atoms with Crippen molar-refractivity contribution in [2.24, 2.45) is 0 Å². The van der Waals surface area contributed by atoms with Crippen molar-refractivity contribution in [3.8, 4) is 0 Å². The Labute approximate surface area is 124 Å². The molecule has 1 rings (SSSR count). The van der Waals surface area contributed by atoms with Gasteiger partial charge in [0.2, 0.25) is 0 Å². The Bertz CT molecular complexity index is 470. The molecule has 0 bridgehead atoms. The maximum atomic E-state index is 13.0. The van der Waals surface area contributed by atoms with Crippen molar-refractivity contribution in [2.75, 3.05) is 0 Å². The van der Waals surface area contributed by atoms with Crippen LogP contribution in [-0.4, -0.2) is 11.1 Å². The number of rotatable bonds is 10. The highest BCUT2D eigenvalue weighted by Gasteiger charge is 1.99. The van der Waals surface area contributed by atoms with Crippen LogP contribution in [0.15, 0.2) is 24.3 Å². The SMILES string of the molecule is O=C(O)CCCCCCCC/C=C/c1ccc(F)c(F)c1. The molecule has 4 heteroatoms. The second-order valence-corrected chi connectivity index (χ2v) is 5.13. The summed E-state index contributed by atoms with van der Waals surface area (Å²) in [7, 11) is 0. The van der Waals surface area contributed by atoms with Crippen LogP contribution in [0.1, 0.15) is 56.9 Å². The smallest absolute Gasteiger partial charge is 0.303 e. The molecule has 0 radical (unpaired) electrons. The van der Waals surface area contributed by atoms with Gasteiger partial charge in [-0.2, -0.15) is 0 Å². The highest BCUT2D eigenvalue weighted by atomic mass is 19.2. The molecule has 0 aromatic heterocycles. The fraction of sp³-hybridized carbons (Fsp3) is 0.471. The minimum atomic E-state index is -0.824. The Morgan fingerprint density at radius 1 is 1.00 bits per heavy atom. The molecule has 0 unspecified atom stereocenters. The summed E-state index contributed by atoms with van der Waals surface area (Å²) in [6, 6.07) is 3.87. The minimum Gasteiger partial charge on any atom is -0.481 e. The van der Waals surface area contributed by atoms with Crippen LogP contribution >= 0.6 is 0 Å². The van der Waals surface area contributed by atoms with Crippen LogP contribution in [0.25, 0.3) is 6.08 Å². The molecule has 1 aromatic rings. The van der Waals surface area contributed by atoms with Gasteiger partial charge in [0.15, 0.2) is 11.6 Å². The molecule has 0 atom stereocenters. The fourth-order valence-corrected chi connectivity index (χ4v) is 2.08. The first-order chi connectivity index (χ1) is 10.1. The zero-order valence-corrected chi connectivity index (χ0v) is 12.2. The predicted octanol–water partition coefficient (Wildman–Crippen LogP) is 5.18. The van der Waals surface area contributed by atoms with Gasteiger partial charge in [0, 0.05) is 6.42 Å². The van der Waals surface area contributed by atoms with E-state index in [9.17, 15) is 13.6 Å². The third-order valence-corrected chi connectivity index (χ3v) is 3.27. The van der Waals surface area contributed by atoms with E-state index in [1.807, 2.05) is 6.08 Å². The largest absolute Gasteiger partial charge is 0.481 e. The normalized spacial score (nSPS) is 11.1. The lowest BCUT2D eigenvalue weighted by molar-refractivity contribution is -0.137. The van der Waals surface area contributed by atoms with Gasteiger partial charge in [-0.05, 0) is 37.0 Å². The van der Waals surface area contributed by atoms with E-state index in [2.05, 4.69) is 0 Å². The fourth-order valence-electron chi connectivity index (χ4n) is 2.08. The molecule has 2 nitrogen and oxygen atoms in total. The Morgan fingerprint density at radius 3 is 2.33 bits per heavy atom. The topological polar surface area (TPSA) is 37.3 Å². The first kappa shape index (κ1) is 17.3. The van der Waals surface area contributed by atoms with Crippen LogP contribution in [0.4, 0.5) is 8.78 Å². The molecule has 116 valence electrons. The quantitative estimate of drug-likeness (QED) is 0.604. The van der Waals surface area contributed by atoms with E-state index >= 15 is 0 Å². The van der Waals surface area contributed by atoms with Crippen molar-refractivity contribution >= 4 is 12.0 Å². The van der Waals surface area contributed by atoms with Gasteiger partial charge in [-0.15, -0.1) is 0 Å². The molecular weight excluding hydrogens is 274 g/mol. The van der Waals surface area contributed by atoms with Crippen LogP contribution in [-0.2, 0) is 4.79 Å². The zero-order valence-electron chi connectivity index (χ0n) is 12.2. The number of carbonyl (C=O) groups is 1. The molecule has 0 aliphatic rings. The molecule has 0 saturated carbocycles. The molecule has 0 aliphatic carbocycles. The van der Waals surface area contributed by atoms with Gasteiger partial charge >= 0.3 is 5.97 Å². The van der Waals surface area contributed by atoms with Gasteiger partial charge in [-0.3, -0.25) is 4.79 Å². The predicted molar refractivity (Wildman–Crippen MR) is 80.0 cm³/mol. The molecule has 1 N–H and O–H groups in total. The molecular formula is C17H22F2O2. The van der Waals surface area contributed by atoms with Crippen molar-refractivity contribution in [1.29, 1.82) is 0 Å². The minimum absolute atomic E-state index is 0.261. The molecule has 0 spiro atoms. The number of unbranched alkanes of at least 4 members (excludes halogenated alkanes) is 6. The first-order valence-electron chi connectivity index (χ1n) is 7.43. The van der Waals surface area contributed by atoms with Crippen LogP contribution in [0.2, 0.25) is 0 Å². The number of carboxylic acids is 1. The average Bonchev–Trinajstić information content (AvgIpc) is 2.44. The number of halogens is 2. The number of hydrogen-bond acceptors (Lipinski definition) is 1. The van der Waals surface area contributed by atoms with Gasteiger partial charge in [0.1, 0.15) is 0 Å². The van der Waals surface area contributed by atoms with E-state index in [0.29, 0.717) is 5.56 Å². The summed E-state index contributed by atoms with van der Waals surface area (Å²) in [5.41, 5.74) is 0.669. The number of aliphatic carboxylic acids is 1. The number of benzene rings is 1. The number of hydrogen-bond donors (Lipinski definition) is 1. The van der Waals surface area contributed by atoms with Crippen LogP contribution in [0.5, 0.6) is 0 Å². The molecule has 0 amide bonds. The van der Waals surface area contributed by atoms with Crippen LogP contribution in [0, 0.1) is 11.6 Å². The molecule has 0 saturated heterocycles. The molecule has 1 aromatic carbocycles. The monoisotopic (exact) mass is 296 g/mol. The summed E-state index contributed by atoms with van der Waals surface area (Å²) in [6.45, 7) is 0. The van der Waals surface area contributed by atoms with Crippen molar-refractivity contribution in [1.82, 2.24) is 0 Å². The van der Waals surface area contributed by atoms with Gasteiger partial charge < -0.3 is 5.11 Å². The lowest BCUT2D eigenvalue weighted by atomic mass is 10.1. The second kappa shape index (κ2) is 10.1. The summed E-state index contributed by atoms with van der Waals surface area (Å²) in [5.74, 6) is -2.37. The van der Waals surface area contributed by atoms with Crippen LogP contribution in [0.3, 0.4) is 0 Å². The number of carboxylic acid groups (broad SMARTS) is 1. The lowest BCUT2D eigenvalue weighted by Crippen LogP contribution is -1.93. The Kier molecular flexibility index (Phi) is 8.32. The van der Waals surface area contributed by atoms with E-state index in [4.69, 9.17) is 5.11 Å². The van der Waals surface area contributed by atoms with Crippen molar-refractivity contribution in [3.63, 3.8) is 0 Å². The Balaban J connectivity index is 2.04. The molecule has 21 heavy (non-hydrogen) atoms. The first-order valence-corrected chi connectivity index (χ1v) is 7.43. The third-order valence-electron chi connectivity index (χ3n) is 3.27. The summed E-state index contributed by atoms with van der Waals surface area (Å²) in [4.78, 5) is 10.3. The van der Waals surface area contributed by atoms with E-state index in [1.54, 1.807) is 12.1 Å². The second-order valence-electron chi connectivity index (χ2n) is 5.13. The maximum Gasteiger partial charge on any atom is 0.303 e. The van der Waals surface area contributed by atoms with Gasteiger partial charge in [-0.25, -0.2) is 8.78 Å². The molecule has 0 fully saturated rings. The summed E-state index contributed by atoms with van der Waals surface area (Å²) < 4.78 is 25.7. The Hall–Kier alpha value is -1.71. The Morgan fingerprint density at radius 2 is 1.67 bits per heavy atom. The maximum absolute atomic E-state index is 13.0. The summed E-state index contributed by atoms with van der Waals surface area (Å²) in [5, 5.41) is 8.49. The lowest BCUT2D eigenvalue weighted by Gasteiger charge is -1.99. The summed E-state index contributed by atoms with van der Waals surface area (Å²) >= 11 is 0. The van der Waals surface area contributed by atoms with Crippen molar-refractivity contribution in [2.45, 2.75) is 51.4 Å². The van der Waals surface area contributed by atoms with E-state index in [1.165, 1.54) is 6.07 Å². The van der Waals surface area contributed by atoms with Gasteiger partial charge in [0.05, 0.1) is 0 Å². The zero-order chi connectivity index (χ0) is 15.5. The van der Waals surface area contributed by atoms with E-state index in [-0.39, 0.29) is 6.42 Å². The number of allylic oxidation sites excluding steroid dienone is 1. The average molecular weight is 296 g/mol. The van der Waals surface area contributed by atoms with E-state index in [0.717, 1.165) is 51.0 Å². The van der Waals surface area contributed by atoms with E-state index < -0.39 is 17.6 Å².